The van der Waals surface area contributed by atoms with Crippen LogP contribution in [0.25, 0.3) is 0 Å². The van der Waals surface area contributed by atoms with Gasteiger partial charge in [0.05, 0.1) is 0 Å². The second-order valence-corrected chi connectivity index (χ2v) is 5.84. The fourth-order valence-electron chi connectivity index (χ4n) is 2.58. The quantitative estimate of drug-likeness (QED) is 0.683. The van der Waals surface area contributed by atoms with E-state index < -0.39 is 0 Å². The van der Waals surface area contributed by atoms with Crippen molar-refractivity contribution in [2.24, 2.45) is 0 Å². The van der Waals surface area contributed by atoms with Crippen LogP contribution < -0.4 is 10.6 Å². The van der Waals surface area contributed by atoms with Gasteiger partial charge in [-0.2, -0.15) is 4.98 Å². The Morgan fingerprint density at radius 2 is 1.71 bits per heavy atom. The van der Waals surface area contributed by atoms with E-state index >= 15 is 0 Å². The number of hydrogen-bond acceptors (Lipinski definition) is 4. The Balaban J connectivity index is 1.82. The van der Waals surface area contributed by atoms with Crippen molar-refractivity contribution < 1.29 is 0 Å². The maximum atomic E-state index is 4.57. The Hall–Kier alpha value is -2.88. The molecule has 0 unspecified atom stereocenters. The van der Waals surface area contributed by atoms with E-state index in [-0.39, 0.29) is 0 Å². The monoisotopic (exact) mass is 318 g/mol. The van der Waals surface area contributed by atoms with Crippen molar-refractivity contribution in [3.8, 4) is 0 Å². The number of hydrogen-bond donors (Lipinski definition) is 2. The van der Waals surface area contributed by atoms with Gasteiger partial charge in [0.2, 0.25) is 5.95 Å². The lowest BCUT2D eigenvalue weighted by molar-refractivity contribution is 1.12. The van der Waals surface area contributed by atoms with Gasteiger partial charge in [0.15, 0.2) is 0 Å². The highest BCUT2D eigenvalue weighted by Crippen LogP contribution is 2.25. The first kappa shape index (κ1) is 16.0. The number of benzene rings is 2. The van der Waals surface area contributed by atoms with Gasteiger partial charge in [0.25, 0.3) is 0 Å². The minimum atomic E-state index is 0.579. The van der Waals surface area contributed by atoms with Gasteiger partial charge in [-0.1, -0.05) is 42.8 Å². The van der Waals surface area contributed by atoms with E-state index in [1.165, 1.54) is 16.7 Å². The number of nitrogens with zero attached hydrogens (tertiary/aromatic N) is 2. The predicted molar refractivity (Wildman–Crippen MR) is 100 cm³/mol. The van der Waals surface area contributed by atoms with Gasteiger partial charge >= 0.3 is 0 Å². The normalized spacial score (nSPS) is 10.5. The Bertz CT molecular complexity index is 825. The Kier molecular flexibility index (Phi) is 4.75. The summed E-state index contributed by atoms with van der Waals surface area (Å²) in [7, 11) is 0. The average molecular weight is 318 g/mol. The van der Waals surface area contributed by atoms with Gasteiger partial charge in [0, 0.05) is 17.6 Å². The molecule has 0 aliphatic rings. The Morgan fingerprint density at radius 1 is 0.917 bits per heavy atom. The zero-order valence-electron chi connectivity index (χ0n) is 14.3. The molecule has 0 bridgehead atoms. The summed E-state index contributed by atoms with van der Waals surface area (Å²) in [6, 6.07) is 16.4. The van der Waals surface area contributed by atoms with Crippen LogP contribution in [0.3, 0.4) is 0 Å². The highest BCUT2D eigenvalue weighted by atomic mass is 15.1. The first-order valence-corrected chi connectivity index (χ1v) is 8.18. The van der Waals surface area contributed by atoms with Gasteiger partial charge in [-0.05, 0) is 49.6 Å². The van der Waals surface area contributed by atoms with Crippen LogP contribution in [0, 0.1) is 13.8 Å². The van der Waals surface area contributed by atoms with Crippen LogP contribution in [0.4, 0.5) is 23.1 Å². The molecule has 0 saturated heterocycles. The zero-order chi connectivity index (χ0) is 16.9. The van der Waals surface area contributed by atoms with Crippen molar-refractivity contribution in [3.63, 3.8) is 0 Å². The minimum Gasteiger partial charge on any atom is -0.340 e. The summed E-state index contributed by atoms with van der Waals surface area (Å²) in [5.41, 5.74) is 5.81. The molecule has 2 aromatic carbocycles. The molecule has 4 nitrogen and oxygen atoms in total. The van der Waals surface area contributed by atoms with Gasteiger partial charge in [-0.15, -0.1) is 0 Å². The molecule has 24 heavy (non-hydrogen) atoms. The predicted octanol–water partition coefficient (Wildman–Crippen LogP) is 5.14. The van der Waals surface area contributed by atoms with Crippen molar-refractivity contribution >= 4 is 23.1 Å². The molecule has 3 aromatic rings. The van der Waals surface area contributed by atoms with Crippen LogP contribution in [0.2, 0.25) is 0 Å². The molecule has 2 N–H and O–H groups in total. The number of aryl methyl sites for hydroxylation is 3. The van der Waals surface area contributed by atoms with E-state index in [2.05, 4.69) is 71.7 Å². The molecule has 0 fully saturated rings. The molecule has 1 aromatic heterocycles. The van der Waals surface area contributed by atoms with E-state index in [1.807, 2.05) is 18.2 Å². The number of nitrogens with one attached hydrogen (secondary N) is 2. The van der Waals surface area contributed by atoms with Crippen LogP contribution in [0.5, 0.6) is 0 Å². The average Bonchev–Trinajstić information content (AvgIpc) is 2.59. The number of rotatable bonds is 5. The summed E-state index contributed by atoms with van der Waals surface area (Å²) in [6.45, 7) is 6.33. The van der Waals surface area contributed by atoms with Gasteiger partial charge in [-0.25, -0.2) is 4.98 Å². The largest absolute Gasteiger partial charge is 0.340 e. The molecule has 3 rings (SSSR count). The maximum Gasteiger partial charge on any atom is 0.229 e. The summed E-state index contributed by atoms with van der Waals surface area (Å²) in [5, 5.41) is 6.67. The van der Waals surface area contributed by atoms with Crippen molar-refractivity contribution in [3.05, 3.63) is 71.4 Å². The molecular weight excluding hydrogens is 296 g/mol. The maximum absolute atomic E-state index is 4.57. The fraction of sp³-hybridized carbons (Fsp3) is 0.200. The Labute approximate surface area is 143 Å². The molecule has 122 valence electrons. The molecule has 4 heteroatoms. The van der Waals surface area contributed by atoms with E-state index in [0.29, 0.717) is 5.95 Å². The third-order valence-electron chi connectivity index (χ3n) is 3.96. The minimum absolute atomic E-state index is 0.579. The molecule has 0 aliphatic carbocycles. The van der Waals surface area contributed by atoms with Crippen molar-refractivity contribution in [1.82, 2.24) is 9.97 Å². The highest BCUT2D eigenvalue weighted by molar-refractivity contribution is 5.65. The molecule has 0 atom stereocenters. The molecular formula is C20H22N4. The Morgan fingerprint density at radius 3 is 2.46 bits per heavy atom. The first-order valence-electron chi connectivity index (χ1n) is 8.18. The van der Waals surface area contributed by atoms with Crippen LogP contribution in [-0.2, 0) is 6.42 Å². The van der Waals surface area contributed by atoms with Gasteiger partial charge in [0.1, 0.15) is 5.82 Å². The SMILES string of the molecule is CCc1cccc(C)c1Nc1ccnc(Nc2ccc(C)cc2)n1. The van der Waals surface area contributed by atoms with E-state index in [0.717, 1.165) is 23.6 Å². The zero-order valence-corrected chi connectivity index (χ0v) is 14.3. The van der Waals surface area contributed by atoms with Crippen LogP contribution >= 0.6 is 0 Å². The van der Waals surface area contributed by atoms with E-state index in [1.54, 1.807) is 6.20 Å². The fourth-order valence-corrected chi connectivity index (χ4v) is 2.58. The van der Waals surface area contributed by atoms with E-state index in [4.69, 9.17) is 0 Å². The lowest BCUT2D eigenvalue weighted by Gasteiger charge is -2.14. The van der Waals surface area contributed by atoms with Crippen molar-refractivity contribution in [2.45, 2.75) is 27.2 Å². The summed E-state index contributed by atoms with van der Waals surface area (Å²) in [6.07, 6.45) is 2.74. The lowest BCUT2D eigenvalue weighted by Crippen LogP contribution is -2.03. The van der Waals surface area contributed by atoms with Crippen LogP contribution in [-0.4, -0.2) is 9.97 Å². The first-order chi connectivity index (χ1) is 11.7. The van der Waals surface area contributed by atoms with Crippen molar-refractivity contribution in [1.29, 1.82) is 0 Å². The van der Waals surface area contributed by atoms with Crippen LogP contribution in [0.1, 0.15) is 23.6 Å². The second-order valence-electron chi connectivity index (χ2n) is 5.84. The van der Waals surface area contributed by atoms with E-state index in [9.17, 15) is 0 Å². The van der Waals surface area contributed by atoms with Crippen molar-refractivity contribution in [2.75, 3.05) is 10.6 Å². The number of para-hydroxylation sites is 1. The van der Waals surface area contributed by atoms with Gasteiger partial charge in [-0.3, -0.25) is 0 Å². The molecule has 1 heterocycles. The summed E-state index contributed by atoms with van der Waals surface area (Å²) < 4.78 is 0. The third kappa shape index (κ3) is 3.71. The number of anilines is 4. The van der Waals surface area contributed by atoms with Crippen LogP contribution in [0.15, 0.2) is 54.7 Å². The topological polar surface area (TPSA) is 49.8 Å². The molecule has 0 radical (unpaired) electrons. The summed E-state index contributed by atoms with van der Waals surface area (Å²) >= 11 is 0. The second kappa shape index (κ2) is 7.13. The number of aromatic nitrogens is 2. The molecule has 0 spiro atoms. The third-order valence-corrected chi connectivity index (χ3v) is 3.96. The summed E-state index contributed by atoms with van der Waals surface area (Å²) in [5.74, 6) is 1.36. The molecule has 0 amide bonds. The smallest absolute Gasteiger partial charge is 0.229 e. The van der Waals surface area contributed by atoms with Gasteiger partial charge < -0.3 is 10.6 Å². The highest BCUT2D eigenvalue weighted by Gasteiger charge is 2.06. The summed E-state index contributed by atoms with van der Waals surface area (Å²) in [4.78, 5) is 8.87. The molecule has 0 saturated carbocycles. The standard InChI is InChI=1S/C20H22N4/c1-4-16-7-5-6-15(3)19(16)23-18-12-13-21-20(24-18)22-17-10-8-14(2)9-11-17/h5-13H,4H2,1-3H3,(H2,21,22,23,24). The molecule has 0 aliphatic heterocycles. The lowest BCUT2D eigenvalue weighted by atomic mass is 10.1.